The van der Waals surface area contributed by atoms with E-state index in [0.29, 0.717) is 12.1 Å². The summed E-state index contributed by atoms with van der Waals surface area (Å²) in [7, 11) is 1.64. The number of hydrogen-bond donors (Lipinski definition) is 3. The fraction of sp³-hybridized carbons (Fsp3) is 0.455. The summed E-state index contributed by atoms with van der Waals surface area (Å²) in [6, 6.07) is 1.64. The van der Waals surface area contributed by atoms with Crippen LogP contribution in [0.25, 0.3) is 0 Å². The van der Waals surface area contributed by atoms with Crippen LogP contribution in [0.5, 0.6) is 0 Å². The maximum Gasteiger partial charge on any atom is 0.322 e. The minimum Gasteiger partial charge on any atom is -0.480 e. The zero-order chi connectivity index (χ0) is 14.4. The Kier molecular flexibility index (Phi) is 5.04. The third-order valence-corrected chi connectivity index (χ3v) is 2.37. The number of nitrogens with zero attached hydrogens (tertiary/aromatic N) is 2. The van der Waals surface area contributed by atoms with E-state index in [1.807, 2.05) is 6.92 Å². The lowest BCUT2D eigenvalue weighted by molar-refractivity contribution is -0.137. The number of nitrogens with one attached hydrogen (secondary N) is 2. The molecule has 0 spiro atoms. The molecule has 2 amide bonds. The monoisotopic (exact) mass is 268 g/mol. The predicted molar refractivity (Wildman–Crippen MR) is 65.6 cm³/mol. The molecule has 3 N–H and O–H groups in total. The molecule has 8 nitrogen and oxygen atoms in total. The van der Waals surface area contributed by atoms with Crippen molar-refractivity contribution in [3.05, 3.63) is 17.5 Å². The van der Waals surface area contributed by atoms with E-state index in [0.717, 1.165) is 5.69 Å². The molecule has 1 heterocycles. The maximum atomic E-state index is 11.8. The first-order chi connectivity index (χ1) is 8.93. The molecule has 0 radical (unpaired) electrons. The van der Waals surface area contributed by atoms with Crippen molar-refractivity contribution < 1.29 is 19.5 Å². The van der Waals surface area contributed by atoms with E-state index < -0.39 is 24.3 Å². The number of carbonyl (C=O) groups is 3. The molecule has 1 aromatic heterocycles. The van der Waals surface area contributed by atoms with Crippen molar-refractivity contribution in [3.63, 3.8) is 0 Å². The highest BCUT2D eigenvalue weighted by molar-refractivity contribution is 5.95. The van der Waals surface area contributed by atoms with Crippen molar-refractivity contribution >= 4 is 17.8 Å². The van der Waals surface area contributed by atoms with Gasteiger partial charge in [-0.2, -0.15) is 5.10 Å². The van der Waals surface area contributed by atoms with Crippen LogP contribution in [0.1, 0.15) is 23.1 Å². The molecule has 0 aliphatic heterocycles. The second-order valence-corrected chi connectivity index (χ2v) is 3.85. The lowest BCUT2D eigenvalue weighted by atomic mass is 10.3. The summed E-state index contributed by atoms with van der Waals surface area (Å²) < 4.78 is 1.43. The highest BCUT2D eigenvalue weighted by Gasteiger charge is 2.13. The van der Waals surface area contributed by atoms with Crippen LogP contribution in [0.3, 0.4) is 0 Å². The van der Waals surface area contributed by atoms with Gasteiger partial charge in [-0.1, -0.05) is 6.92 Å². The van der Waals surface area contributed by atoms with Gasteiger partial charge in [0.15, 0.2) is 0 Å². The molecule has 0 fully saturated rings. The Morgan fingerprint density at radius 1 is 1.32 bits per heavy atom. The van der Waals surface area contributed by atoms with Crippen molar-refractivity contribution in [1.82, 2.24) is 20.4 Å². The Morgan fingerprint density at radius 2 is 2.00 bits per heavy atom. The standard InChI is InChI=1S/C11H16N4O4/c1-3-7-4-8(15(2)14-7)11(19)13-5-9(16)12-6-10(17)18/h4H,3,5-6H2,1-2H3,(H,12,16)(H,13,19)(H,17,18). The zero-order valence-electron chi connectivity index (χ0n) is 10.8. The molecule has 8 heteroatoms. The number of carbonyl (C=O) groups excluding carboxylic acids is 2. The average Bonchev–Trinajstić information content (AvgIpc) is 2.74. The third kappa shape index (κ3) is 4.41. The van der Waals surface area contributed by atoms with Crippen LogP contribution in [-0.4, -0.2) is 45.8 Å². The molecule has 1 rings (SSSR count). The molecule has 0 unspecified atom stereocenters. The number of carboxylic acids is 1. The van der Waals surface area contributed by atoms with Crippen molar-refractivity contribution in [2.45, 2.75) is 13.3 Å². The van der Waals surface area contributed by atoms with Gasteiger partial charge >= 0.3 is 5.97 Å². The van der Waals surface area contributed by atoms with Crippen molar-refractivity contribution in [3.8, 4) is 0 Å². The molecule has 0 saturated heterocycles. The van der Waals surface area contributed by atoms with Crippen LogP contribution in [-0.2, 0) is 23.1 Å². The molecular weight excluding hydrogens is 252 g/mol. The maximum absolute atomic E-state index is 11.8. The largest absolute Gasteiger partial charge is 0.480 e. The van der Waals surface area contributed by atoms with E-state index >= 15 is 0 Å². The SMILES string of the molecule is CCc1cc(C(=O)NCC(=O)NCC(=O)O)n(C)n1. The summed E-state index contributed by atoms with van der Waals surface area (Å²) in [5.74, 6) is -2.13. The van der Waals surface area contributed by atoms with Gasteiger partial charge in [0.05, 0.1) is 12.2 Å². The van der Waals surface area contributed by atoms with Crippen molar-refractivity contribution in [2.75, 3.05) is 13.1 Å². The molecule has 0 saturated carbocycles. The van der Waals surface area contributed by atoms with Gasteiger partial charge in [-0.25, -0.2) is 0 Å². The number of carboxylic acid groups (broad SMARTS) is 1. The quantitative estimate of drug-likeness (QED) is 0.607. The van der Waals surface area contributed by atoms with Crippen molar-refractivity contribution in [1.29, 1.82) is 0 Å². The molecular formula is C11H16N4O4. The third-order valence-electron chi connectivity index (χ3n) is 2.37. The molecule has 19 heavy (non-hydrogen) atoms. The average molecular weight is 268 g/mol. The Morgan fingerprint density at radius 3 is 2.53 bits per heavy atom. The number of hydrogen-bond acceptors (Lipinski definition) is 4. The summed E-state index contributed by atoms with van der Waals surface area (Å²) in [6.45, 7) is 1.17. The zero-order valence-corrected chi connectivity index (χ0v) is 10.8. The summed E-state index contributed by atoms with van der Waals surface area (Å²) in [6.07, 6.45) is 0.709. The van der Waals surface area contributed by atoms with Crippen LogP contribution in [0.15, 0.2) is 6.07 Å². The highest BCUT2D eigenvalue weighted by Crippen LogP contribution is 2.03. The second kappa shape index (κ2) is 6.53. The van der Waals surface area contributed by atoms with Gasteiger partial charge in [0.25, 0.3) is 5.91 Å². The van der Waals surface area contributed by atoms with Crippen LogP contribution >= 0.6 is 0 Å². The van der Waals surface area contributed by atoms with Crippen LogP contribution in [0.2, 0.25) is 0 Å². The second-order valence-electron chi connectivity index (χ2n) is 3.85. The number of aryl methyl sites for hydroxylation is 2. The van der Waals surface area contributed by atoms with Crippen LogP contribution in [0, 0.1) is 0 Å². The van der Waals surface area contributed by atoms with E-state index in [1.165, 1.54) is 4.68 Å². The minimum atomic E-state index is -1.14. The van der Waals surface area contributed by atoms with Gasteiger partial charge < -0.3 is 15.7 Å². The van der Waals surface area contributed by atoms with Crippen LogP contribution < -0.4 is 10.6 Å². The van der Waals surface area contributed by atoms with Gasteiger partial charge in [0.1, 0.15) is 12.2 Å². The molecule has 0 atom stereocenters. The normalized spacial score (nSPS) is 10.0. The van der Waals surface area contributed by atoms with E-state index in [1.54, 1.807) is 13.1 Å². The Hall–Kier alpha value is -2.38. The smallest absolute Gasteiger partial charge is 0.322 e. The fourth-order valence-electron chi connectivity index (χ4n) is 1.40. The van der Waals surface area contributed by atoms with Gasteiger partial charge in [0, 0.05) is 7.05 Å². The van der Waals surface area contributed by atoms with E-state index in [2.05, 4.69) is 15.7 Å². The summed E-state index contributed by atoms with van der Waals surface area (Å²) >= 11 is 0. The highest BCUT2D eigenvalue weighted by atomic mass is 16.4. The Labute approximate surface area is 109 Å². The Balaban J connectivity index is 2.48. The first-order valence-corrected chi connectivity index (χ1v) is 5.73. The summed E-state index contributed by atoms with van der Waals surface area (Å²) in [5.41, 5.74) is 1.13. The minimum absolute atomic E-state index is 0.279. The lowest BCUT2D eigenvalue weighted by Gasteiger charge is -2.05. The molecule has 104 valence electrons. The van der Waals surface area contributed by atoms with Gasteiger partial charge in [-0.15, -0.1) is 0 Å². The number of aromatic nitrogens is 2. The lowest BCUT2D eigenvalue weighted by Crippen LogP contribution is -2.39. The molecule has 1 aromatic rings. The first-order valence-electron chi connectivity index (χ1n) is 5.73. The van der Waals surface area contributed by atoms with Crippen molar-refractivity contribution in [2.24, 2.45) is 7.05 Å². The van der Waals surface area contributed by atoms with E-state index in [9.17, 15) is 14.4 Å². The Bertz CT molecular complexity index is 495. The topological polar surface area (TPSA) is 113 Å². The summed E-state index contributed by atoms with van der Waals surface area (Å²) in [4.78, 5) is 33.2. The van der Waals surface area contributed by atoms with Gasteiger partial charge in [-0.05, 0) is 12.5 Å². The number of amides is 2. The predicted octanol–water partition coefficient (Wildman–Crippen LogP) is -1.09. The van der Waals surface area contributed by atoms with Gasteiger partial charge in [-0.3, -0.25) is 19.1 Å². The number of aliphatic carboxylic acids is 1. The first kappa shape index (κ1) is 14.7. The van der Waals surface area contributed by atoms with E-state index in [-0.39, 0.29) is 6.54 Å². The molecule has 0 aliphatic carbocycles. The van der Waals surface area contributed by atoms with E-state index in [4.69, 9.17) is 5.11 Å². The van der Waals surface area contributed by atoms with Crippen LogP contribution in [0.4, 0.5) is 0 Å². The summed E-state index contributed by atoms with van der Waals surface area (Å²) in [5, 5.41) is 17.0. The molecule has 0 bridgehead atoms. The van der Waals surface area contributed by atoms with Gasteiger partial charge in [0.2, 0.25) is 5.91 Å². The number of rotatable bonds is 6. The molecule has 0 aromatic carbocycles. The molecule has 0 aliphatic rings. The fourth-order valence-corrected chi connectivity index (χ4v) is 1.40.